The number of carbonyl (C=O) groups excluding carboxylic acids is 1. The molecule has 0 spiro atoms. The lowest BCUT2D eigenvalue weighted by Crippen LogP contribution is -2.09. The van der Waals surface area contributed by atoms with Gasteiger partial charge < -0.3 is 15.2 Å². The quantitative estimate of drug-likeness (QED) is 0.429. The average Bonchev–Trinajstić information content (AvgIpc) is 3.14. The van der Waals surface area contributed by atoms with Crippen molar-refractivity contribution < 1.29 is 14.3 Å². The topological polar surface area (TPSA) is 129 Å². The Kier molecular flexibility index (Phi) is 5.97. The summed E-state index contributed by atoms with van der Waals surface area (Å²) in [6.45, 7) is 9.33. The maximum atomic E-state index is 13.0. The van der Waals surface area contributed by atoms with E-state index in [1.807, 2.05) is 26.0 Å². The second-order valence-electron chi connectivity index (χ2n) is 7.90. The number of nitrogens with zero attached hydrogens (tertiary/aromatic N) is 5. The van der Waals surface area contributed by atoms with Gasteiger partial charge in [-0.15, -0.1) is 0 Å². The highest BCUT2D eigenvalue weighted by atomic mass is 16.5. The minimum absolute atomic E-state index is 0.111. The smallest absolute Gasteiger partial charge is 0.342 e. The molecular formula is C26H24N6O3. The molecule has 4 rings (SSSR count). The van der Waals surface area contributed by atoms with E-state index in [2.05, 4.69) is 27.6 Å². The molecule has 4 aromatic rings. The highest BCUT2D eigenvalue weighted by Gasteiger charge is 2.30. The Bertz CT molecular complexity index is 1560. The fourth-order valence-corrected chi connectivity index (χ4v) is 4.36. The molecule has 1 aromatic carbocycles. The molecule has 0 radical (unpaired) electrons. The zero-order valence-electron chi connectivity index (χ0n) is 20.1. The third-order valence-corrected chi connectivity index (χ3v) is 5.92. The highest BCUT2D eigenvalue weighted by Crippen LogP contribution is 2.40. The molecule has 0 aliphatic carbocycles. The number of aromatic nitrogens is 4. The summed E-state index contributed by atoms with van der Waals surface area (Å²) in [5.41, 5.74) is 11.1. The van der Waals surface area contributed by atoms with E-state index in [1.54, 1.807) is 30.9 Å². The van der Waals surface area contributed by atoms with E-state index in [0.717, 1.165) is 16.8 Å². The predicted octanol–water partition coefficient (Wildman–Crippen LogP) is 4.30. The lowest BCUT2D eigenvalue weighted by Gasteiger charge is -2.17. The van der Waals surface area contributed by atoms with Gasteiger partial charge in [0.15, 0.2) is 5.65 Å². The molecule has 3 heterocycles. The molecule has 35 heavy (non-hydrogen) atoms. The van der Waals surface area contributed by atoms with Gasteiger partial charge in [-0.2, -0.15) is 5.26 Å². The van der Waals surface area contributed by atoms with Gasteiger partial charge in [0.1, 0.15) is 29.0 Å². The number of ether oxygens (including phenoxy) is 2. The number of nitriles is 1. The number of nitrogens with two attached hydrogens (primary N) is 1. The Morgan fingerprint density at radius 1 is 1.20 bits per heavy atom. The first-order chi connectivity index (χ1) is 16.8. The minimum atomic E-state index is -0.644. The number of methoxy groups -OCH3 is 2. The van der Waals surface area contributed by atoms with Gasteiger partial charge in [-0.05, 0) is 44.5 Å². The van der Waals surface area contributed by atoms with Gasteiger partial charge >= 0.3 is 5.97 Å². The van der Waals surface area contributed by atoms with Crippen molar-refractivity contribution in [1.82, 2.24) is 19.5 Å². The summed E-state index contributed by atoms with van der Waals surface area (Å²) in [6, 6.07) is 7.63. The normalized spacial score (nSPS) is 10.7. The first kappa shape index (κ1) is 23.4. The van der Waals surface area contributed by atoms with Gasteiger partial charge in [0.2, 0.25) is 0 Å². The first-order valence-electron chi connectivity index (χ1n) is 10.7. The van der Waals surface area contributed by atoms with Gasteiger partial charge in [0.25, 0.3) is 0 Å². The van der Waals surface area contributed by atoms with Crippen LogP contribution in [0.3, 0.4) is 0 Å². The molecule has 9 nitrogen and oxygen atoms in total. The van der Waals surface area contributed by atoms with E-state index in [-0.39, 0.29) is 16.9 Å². The molecule has 2 N–H and O–H groups in total. The molecule has 0 fully saturated rings. The van der Waals surface area contributed by atoms with Crippen LogP contribution in [0.5, 0.6) is 5.75 Å². The summed E-state index contributed by atoms with van der Waals surface area (Å²) >= 11 is 0. The van der Waals surface area contributed by atoms with Crippen LogP contribution in [0.4, 0.5) is 5.82 Å². The van der Waals surface area contributed by atoms with E-state index in [1.165, 1.54) is 13.2 Å². The molecule has 3 aromatic heterocycles. The largest absolute Gasteiger partial charge is 0.496 e. The summed E-state index contributed by atoms with van der Waals surface area (Å²) in [6.07, 6.45) is 3.06. The lowest BCUT2D eigenvalue weighted by molar-refractivity contribution is 0.0604. The van der Waals surface area contributed by atoms with E-state index in [9.17, 15) is 10.1 Å². The van der Waals surface area contributed by atoms with Gasteiger partial charge in [-0.1, -0.05) is 12.6 Å². The van der Waals surface area contributed by atoms with Crippen LogP contribution in [0.1, 0.15) is 38.6 Å². The third-order valence-electron chi connectivity index (χ3n) is 5.92. The molecule has 176 valence electrons. The first-order valence-corrected chi connectivity index (χ1v) is 10.7. The van der Waals surface area contributed by atoms with Gasteiger partial charge in [-0.3, -0.25) is 9.55 Å². The monoisotopic (exact) mass is 468 g/mol. The van der Waals surface area contributed by atoms with Crippen molar-refractivity contribution in [2.24, 2.45) is 0 Å². The third kappa shape index (κ3) is 3.56. The van der Waals surface area contributed by atoms with Gasteiger partial charge in [-0.25, -0.2) is 14.8 Å². The number of carbonyl (C=O) groups is 1. The second-order valence-corrected chi connectivity index (χ2v) is 7.90. The number of pyridine rings is 1. The van der Waals surface area contributed by atoms with Crippen LogP contribution in [-0.4, -0.2) is 39.7 Å². The molecule has 0 aliphatic heterocycles. The van der Waals surface area contributed by atoms with Crippen molar-refractivity contribution in [2.45, 2.75) is 20.8 Å². The average molecular weight is 469 g/mol. The van der Waals surface area contributed by atoms with Gasteiger partial charge in [0, 0.05) is 17.3 Å². The number of anilines is 1. The van der Waals surface area contributed by atoms with Crippen LogP contribution in [0.2, 0.25) is 0 Å². The van der Waals surface area contributed by atoms with Crippen molar-refractivity contribution in [2.75, 3.05) is 20.0 Å². The fraction of sp³-hybridized carbons (Fsp3) is 0.192. The van der Waals surface area contributed by atoms with Crippen LogP contribution < -0.4 is 10.5 Å². The van der Waals surface area contributed by atoms with E-state index in [4.69, 9.17) is 15.2 Å². The molecule has 0 saturated carbocycles. The van der Waals surface area contributed by atoms with Crippen molar-refractivity contribution >= 4 is 28.9 Å². The molecule has 9 heteroatoms. The van der Waals surface area contributed by atoms with Crippen LogP contribution in [0, 0.1) is 32.1 Å². The Balaban J connectivity index is 2.25. The van der Waals surface area contributed by atoms with Crippen LogP contribution in [0.25, 0.3) is 34.1 Å². The zero-order valence-corrected chi connectivity index (χ0v) is 20.1. The zero-order chi connectivity index (χ0) is 25.4. The maximum absolute atomic E-state index is 13.0. The molecule has 0 unspecified atom stereocenters. The van der Waals surface area contributed by atoms with Crippen molar-refractivity contribution in [3.05, 3.63) is 64.7 Å². The standard InChI is InChI=1S/C26H24N6O3/c1-7-18-17(12-27)16(10-11-29-18)22-20-21(26(33)35-6)24(28)32(25(20)31-15(4)30-22)23-13(2)8-9-19(34-5)14(23)3/h7-11H,1,28H2,2-6H3. The summed E-state index contributed by atoms with van der Waals surface area (Å²) in [5.74, 6) is 0.592. The van der Waals surface area contributed by atoms with Crippen molar-refractivity contribution in [3.8, 4) is 28.8 Å². The highest BCUT2D eigenvalue weighted by molar-refractivity contribution is 6.14. The Morgan fingerprint density at radius 2 is 1.94 bits per heavy atom. The second kappa shape index (κ2) is 8.91. The van der Waals surface area contributed by atoms with E-state index < -0.39 is 5.97 Å². The lowest BCUT2D eigenvalue weighted by atomic mass is 10.0. The van der Waals surface area contributed by atoms with Crippen LogP contribution in [-0.2, 0) is 4.74 Å². The summed E-state index contributed by atoms with van der Waals surface area (Å²) in [4.78, 5) is 26.6. The molecule has 0 amide bonds. The molecule has 0 atom stereocenters. The number of fused-ring (bicyclic) bond motifs is 1. The predicted molar refractivity (Wildman–Crippen MR) is 133 cm³/mol. The summed E-state index contributed by atoms with van der Waals surface area (Å²) in [5, 5.41) is 10.3. The van der Waals surface area contributed by atoms with Crippen LogP contribution in [0.15, 0.2) is 31.0 Å². The fourth-order valence-electron chi connectivity index (χ4n) is 4.36. The molecule has 0 saturated heterocycles. The molecular weight excluding hydrogens is 444 g/mol. The molecule has 0 aliphatic rings. The maximum Gasteiger partial charge on any atom is 0.342 e. The minimum Gasteiger partial charge on any atom is -0.496 e. The Morgan fingerprint density at radius 3 is 2.57 bits per heavy atom. The number of benzene rings is 1. The Hall–Kier alpha value is -4.71. The van der Waals surface area contributed by atoms with Crippen molar-refractivity contribution in [3.63, 3.8) is 0 Å². The SMILES string of the molecule is C=Cc1nccc(-c2nc(C)nc3c2c(C(=O)OC)c(N)n3-c2c(C)ccc(OC)c2C)c1C#N. The summed E-state index contributed by atoms with van der Waals surface area (Å²) < 4.78 is 12.3. The number of hydrogen-bond donors (Lipinski definition) is 1. The molecule has 0 bridgehead atoms. The van der Waals surface area contributed by atoms with Gasteiger partial charge in [0.05, 0.1) is 42.2 Å². The number of esters is 1. The number of nitrogen functional groups attached to an aromatic ring is 1. The number of aryl methyl sites for hydroxylation is 2. The van der Waals surface area contributed by atoms with Crippen LogP contribution >= 0.6 is 0 Å². The number of rotatable bonds is 5. The van der Waals surface area contributed by atoms with Crippen molar-refractivity contribution in [1.29, 1.82) is 5.26 Å². The van der Waals surface area contributed by atoms with E-state index in [0.29, 0.717) is 39.6 Å². The summed E-state index contributed by atoms with van der Waals surface area (Å²) in [7, 11) is 2.87. The van der Waals surface area contributed by atoms with E-state index >= 15 is 0 Å². The number of hydrogen-bond acceptors (Lipinski definition) is 8. The Labute approximate surface area is 202 Å².